The van der Waals surface area contributed by atoms with E-state index in [1.807, 2.05) is 27.9 Å². The van der Waals surface area contributed by atoms with Gasteiger partial charge in [-0.25, -0.2) is 0 Å². The fourth-order valence-corrected chi connectivity index (χ4v) is 3.52. The summed E-state index contributed by atoms with van der Waals surface area (Å²) in [5, 5.41) is 3.05. The number of nitrogens with zero attached hydrogens (tertiary/aromatic N) is 1. The molecule has 1 aliphatic carbocycles. The van der Waals surface area contributed by atoms with Gasteiger partial charge in [0, 0.05) is 38.1 Å². The van der Waals surface area contributed by atoms with Crippen molar-refractivity contribution in [2.45, 2.75) is 31.9 Å². The molecule has 0 radical (unpaired) electrons. The Morgan fingerprint density at radius 2 is 2.22 bits per heavy atom. The number of likely N-dealkylation sites (N-methyl/N-ethyl adjacent to an activating group) is 2. The van der Waals surface area contributed by atoms with Gasteiger partial charge >= 0.3 is 0 Å². The van der Waals surface area contributed by atoms with Gasteiger partial charge in [-0.05, 0) is 13.5 Å². The second-order valence-electron chi connectivity index (χ2n) is 6.11. The monoisotopic (exact) mass is 255 g/mol. The van der Waals surface area contributed by atoms with E-state index in [0.29, 0.717) is 6.54 Å². The van der Waals surface area contributed by atoms with Crippen LogP contribution >= 0.6 is 0 Å². The highest BCUT2D eigenvalue weighted by molar-refractivity contribution is 5.89. The van der Waals surface area contributed by atoms with Crippen molar-refractivity contribution in [1.29, 1.82) is 0 Å². The summed E-state index contributed by atoms with van der Waals surface area (Å²) in [5.41, 5.74) is 5.44. The lowest BCUT2D eigenvalue weighted by molar-refractivity contribution is -0.183. The Hall–Kier alpha value is -0.650. The van der Waals surface area contributed by atoms with Crippen molar-refractivity contribution in [2.24, 2.45) is 17.1 Å². The van der Waals surface area contributed by atoms with Crippen molar-refractivity contribution >= 4 is 5.91 Å². The minimum Gasteiger partial charge on any atom is -0.377 e. The van der Waals surface area contributed by atoms with Gasteiger partial charge < -0.3 is 20.7 Å². The molecule has 1 heterocycles. The van der Waals surface area contributed by atoms with Crippen molar-refractivity contribution in [3.63, 3.8) is 0 Å². The van der Waals surface area contributed by atoms with Crippen LogP contribution in [0.25, 0.3) is 0 Å². The van der Waals surface area contributed by atoms with Crippen LogP contribution in [0.5, 0.6) is 0 Å². The molecule has 1 saturated carbocycles. The first kappa shape index (κ1) is 13.8. The largest absolute Gasteiger partial charge is 0.377 e. The number of ether oxygens (including phenoxy) is 1. The molecule has 2 fully saturated rings. The number of nitrogens with one attached hydrogen (secondary N) is 1. The number of nitrogens with two attached hydrogens (primary N) is 1. The number of hydrogen-bond acceptors (Lipinski definition) is 4. The van der Waals surface area contributed by atoms with Gasteiger partial charge in [-0.15, -0.1) is 0 Å². The molecule has 104 valence electrons. The first-order valence-electron chi connectivity index (χ1n) is 6.68. The fraction of sp³-hybridized carbons (Fsp3) is 0.923. The van der Waals surface area contributed by atoms with Crippen LogP contribution in [0.2, 0.25) is 0 Å². The summed E-state index contributed by atoms with van der Waals surface area (Å²) in [7, 11) is 3.71. The van der Waals surface area contributed by atoms with Gasteiger partial charge in [0.15, 0.2) is 0 Å². The molecule has 1 saturated heterocycles. The molecule has 1 amide bonds. The van der Waals surface area contributed by atoms with Gasteiger partial charge in [0.05, 0.1) is 6.10 Å². The van der Waals surface area contributed by atoms with E-state index in [-0.39, 0.29) is 23.3 Å². The van der Waals surface area contributed by atoms with E-state index >= 15 is 0 Å². The predicted octanol–water partition coefficient (Wildman–Crippen LogP) is -0.193. The van der Waals surface area contributed by atoms with Crippen LogP contribution in [-0.2, 0) is 9.53 Å². The summed E-state index contributed by atoms with van der Waals surface area (Å²) in [4.78, 5) is 14.4. The van der Waals surface area contributed by atoms with Gasteiger partial charge in [0.2, 0.25) is 5.91 Å². The molecule has 5 heteroatoms. The number of carbonyl (C=O) groups is 1. The molecule has 5 nitrogen and oxygen atoms in total. The van der Waals surface area contributed by atoms with Crippen LogP contribution in [0, 0.1) is 11.3 Å². The van der Waals surface area contributed by atoms with Crippen molar-refractivity contribution in [1.82, 2.24) is 10.2 Å². The van der Waals surface area contributed by atoms with Crippen molar-refractivity contribution < 1.29 is 9.53 Å². The smallest absolute Gasteiger partial charge is 0.243 e. The Morgan fingerprint density at radius 1 is 1.56 bits per heavy atom. The molecular formula is C13H25N3O2. The number of amides is 1. The third-order valence-electron chi connectivity index (χ3n) is 4.85. The van der Waals surface area contributed by atoms with E-state index in [2.05, 4.69) is 5.32 Å². The van der Waals surface area contributed by atoms with E-state index in [0.717, 1.165) is 19.6 Å². The maximum atomic E-state index is 12.6. The van der Waals surface area contributed by atoms with Gasteiger partial charge in [-0.3, -0.25) is 4.79 Å². The SMILES string of the molecule is CNCCN(C)C(=O)C1(N)C2CCOC2C1(C)C. The molecule has 0 aromatic rings. The highest BCUT2D eigenvalue weighted by Crippen LogP contribution is 2.58. The zero-order valence-corrected chi connectivity index (χ0v) is 11.8. The van der Waals surface area contributed by atoms with Gasteiger partial charge in [0.25, 0.3) is 0 Å². The van der Waals surface area contributed by atoms with Crippen LogP contribution in [0.15, 0.2) is 0 Å². The molecule has 0 spiro atoms. The lowest BCUT2D eigenvalue weighted by Gasteiger charge is -2.61. The molecule has 3 atom stereocenters. The van der Waals surface area contributed by atoms with Crippen LogP contribution in [0.1, 0.15) is 20.3 Å². The quantitative estimate of drug-likeness (QED) is 0.730. The third kappa shape index (κ3) is 1.61. The van der Waals surface area contributed by atoms with Crippen molar-refractivity contribution in [2.75, 3.05) is 33.8 Å². The van der Waals surface area contributed by atoms with Crippen LogP contribution in [-0.4, -0.2) is 56.2 Å². The van der Waals surface area contributed by atoms with Crippen LogP contribution in [0.3, 0.4) is 0 Å². The summed E-state index contributed by atoms with van der Waals surface area (Å²) in [6.07, 6.45) is 1.04. The first-order valence-corrected chi connectivity index (χ1v) is 6.68. The van der Waals surface area contributed by atoms with Gasteiger partial charge in [0.1, 0.15) is 5.54 Å². The number of carbonyl (C=O) groups excluding carboxylic acids is 1. The maximum Gasteiger partial charge on any atom is 0.243 e. The average Bonchev–Trinajstić information content (AvgIpc) is 2.81. The minimum absolute atomic E-state index is 0.0505. The Kier molecular flexibility index (Phi) is 3.42. The average molecular weight is 255 g/mol. The molecule has 0 bridgehead atoms. The van der Waals surface area contributed by atoms with E-state index in [9.17, 15) is 4.79 Å². The molecule has 2 aliphatic rings. The molecule has 3 N–H and O–H groups in total. The maximum absolute atomic E-state index is 12.6. The summed E-state index contributed by atoms with van der Waals surface area (Å²) in [6.45, 7) is 6.28. The summed E-state index contributed by atoms with van der Waals surface area (Å²) in [6, 6.07) is 0. The number of rotatable bonds is 4. The van der Waals surface area contributed by atoms with Gasteiger partial charge in [-0.2, -0.15) is 0 Å². The lowest BCUT2D eigenvalue weighted by Crippen LogP contribution is -2.80. The summed E-state index contributed by atoms with van der Waals surface area (Å²) >= 11 is 0. The first-order chi connectivity index (χ1) is 8.37. The molecule has 0 aromatic carbocycles. The highest BCUT2D eigenvalue weighted by Gasteiger charge is 2.71. The van der Waals surface area contributed by atoms with E-state index in [1.54, 1.807) is 4.90 Å². The fourth-order valence-electron chi connectivity index (χ4n) is 3.52. The Labute approximate surface area is 109 Å². The predicted molar refractivity (Wildman–Crippen MR) is 70.1 cm³/mol. The Balaban J connectivity index is 2.13. The topological polar surface area (TPSA) is 67.6 Å². The molecule has 2 rings (SSSR count). The lowest BCUT2D eigenvalue weighted by atomic mass is 9.47. The normalized spacial score (nSPS) is 36.9. The summed E-state index contributed by atoms with van der Waals surface area (Å²) in [5.74, 6) is 0.228. The number of fused-ring (bicyclic) bond motifs is 1. The van der Waals surface area contributed by atoms with Crippen LogP contribution in [0.4, 0.5) is 0 Å². The molecule has 18 heavy (non-hydrogen) atoms. The molecule has 0 aromatic heterocycles. The van der Waals surface area contributed by atoms with E-state index in [1.165, 1.54) is 0 Å². The van der Waals surface area contributed by atoms with Crippen molar-refractivity contribution in [3.8, 4) is 0 Å². The van der Waals surface area contributed by atoms with Crippen LogP contribution < -0.4 is 11.1 Å². The molecular weight excluding hydrogens is 230 g/mol. The zero-order valence-electron chi connectivity index (χ0n) is 11.8. The minimum atomic E-state index is -0.767. The van der Waals surface area contributed by atoms with E-state index in [4.69, 9.17) is 10.5 Å². The molecule has 3 unspecified atom stereocenters. The van der Waals surface area contributed by atoms with Gasteiger partial charge in [-0.1, -0.05) is 13.8 Å². The highest BCUT2D eigenvalue weighted by atomic mass is 16.5. The Bertz CT molecular complexity index is 345. The van der Waals surface area contributed by atoms with E-state index < -0.39 is 5.54 Å². The second-order valence-corrected chi connectivity index (χ2v) is 6.11. The summed E-state index contributed by atoms with van der Waals surface area (Å²) < 4.78 is 5.71. The molecule has 1 aliphatic heterocycles. The standard InChI is InChI=1S/C13H25N3O2/c1-12(2)10-9(5-8-18-10)13(12,14)11(17)16(4)7-6-15-3/h9-10,15H,5-8,14H2,1-4H3. The third-order valence-corrected chi connectivity index (χ3v) is 4.85. The second kappa shape index (κ2) is 4.47. The van der Waals surface area contributed by atoms with Crippen molar-refractivity contribution in [3.05, 3.63) is 0 Å². The number of hydrogen-bond donors (Lipinski definition) is 2. The Morgan fingerprint density at radius 3 is 2.83 bits per heavy atom. The zero-order chi connectivity index (χ0) is 13.6.